The van der Waals surface area contributed by atoms with Crippen molar-refractivity contribution < 1.29 is 28.6 Å². The van der Waals surface area contributed by atoms with Gasteiger partial charge in [0.2, 0.25) is 5.75 Å². The first-order valence-electron chi connectivity index (χ1n) is 12.1. The maximum absolute atomic E-state index is 13.2. The molecule has 2 atom stereocenters. The van der Waals surface area contributed by atoms with Crippen molar-refractivity contribution in [3.05, 3.63) is 57.5 Å². The molecule has 1 aliphatic carbocycles. The fourth-order valence-corrected chi connectivity index (χ4v) is 5.00. The number of fused-ring (bicyclic) bond motifs is 4. The number of nitrogens with one attached hydrogen (secondary N) is 2. The highest BCUT2D eigenvalue weighted by Crippen LogP contribution is 2.45. The summed E-state index contributed by atoms with van der Waals surface area (Å²) in [6.45, 7) is 0.762. The van der Waals surface area contributed by atoms with Crippen LogP contribution in [-0.2, 0) is 33.0 Å². The maximum atomic E-state index is 13.2. The molecule has 12 heteroatoms. The second kappa shape index (κ2) is 10.7. The Bertz CT molecular complexity index is 1260. The van der Waals surface area contributed by atoms with E-state index in [1.807, 2.05) is 0 Å². The van der Waals surface area contributed by atoms with Crippen LogP contribution >= 0.6 is 0 Å². The number of likely N-dealkylation sites (N-methyl/N-ethyl adjacent to an activating group) is 1. The summed E-state index contributed by atoms with van der Waals surface area (Å²) in [6.07, 6.45) is 2.24. The summed E-state index contributed by atoms with van der Waals surface area (Å²) in [7, 11) is 2.98. The van der Waals surface area contributed by atoms with Gasteiger partial charge in [0.05, 0.1) is 12.1 Å². The average molecular weight is 516 g/mol. The molecule has 1 aromatic heterocycles. The fraction of sp³-hybridized carbons (Fsp3) is 0.480. The summed E-state index contributed by atoms with van der Waals surface area (Å²) in [5.41, 5.74) is -1.80. The van der Waals surface area contributed by atoms with E-state index in [-0.39, 0.29) is 38.0 Å². The van der Waals surface area contributed by atoms with E-state index < -0.39 is 46.1 Å². The van der Waals surface area contributed by atoms with E-state index in [9.17, 15) is 28.7 Å². The van der Waals surface area contributed by atoms with Crippen molar-refractivity contribution in [2.24, 2.45) is 5.92 Å². The molecule has 3 N–H and O–H groups in total. The van der Waals surface area contributed by atoms with Gasteiger partial charge in [-0.25, -0.2) is 9.37 Å². The third kappa shape index (κ3) is 5.33. The van der Waals surface area contributed by atoms with Crippen LogP contribution in [0.5, 0.6) is 5.75 Å². The van der Waals surface area contributed by atoms with Gasteiger partial charge >= 0.3 is 11.8 Å². The van der Waals surface area contributed by atoms with Crippen LogP contribution in [0.4, 0.5) is 4.39 Å². The number of nitrogens with zero attached hydrogens (tertiary/aromatic N) is 3. The minimum Gasteiger partial charge on any atom is -0.501 e. The van der Waals surface area contributed by atoms with Crippen molar-refractivity contribution in [3.63, 3.8) is 0 Å². The summed E-state index contributed by atoms with van der Waals surface area (Å²) in [6, 6.07) is 5.50. The molecule has 0 saturated heterocycles. The van der Waals surface area contributed by atoms with Gasteiger partial charge in [-0.15, -0.1) is 0 Å². The molecule has 1 aliphatic heterocycles. The van der Waals surface area contributed by atoms with Gasteiger partial charge in [0, 0.05) is 33.8 Å². The molecule has 2 aromatic rings. The highest BCUT2D eigenvalue weighted by atomic mass is 19.1. The molecule has 11 nitrogen and oxygen atoms in total. The molecule has 2 unspecified atom stereocenters. The molecule has 198 valence electrons. The smallest absolute Gasteiger partial charge is 0.311 e. The topological polar surface area (TPSA) is 143 Å². The zero-order valence-corrected chi connectivity index (χ0v) is 20.8. The Balaban J connectivity index is 1.64. The maximum Gasteiger partial charge on any atom is 0.311 e. The van der Waals surface area contributed by atoms with Crippen molar-refractivity contribution in [2.75, 3.05) is 27.3 Å². The second-order valence-electron chi connectivity index (χ2n) is 9.55. The number of carbonyl (C=O) groups is 3. The van der Waals surface area contributed by atoms with Gasteiger partial charge in [0.15, 0.2) is 5.69 Å². The largest absolute Gasteiger partial charge is 0.501 e. The first kappa shape index (κ1) is 26.3. The molecular formula is C25H30FN5O6. The molecule has 37 heavy (non-hydrogen) atoms. The molecule has 4 rings (SSSR count). The van der Waals surface area contributed by atoms with Crippen molar-refractivity contribution in [3.8, 4) is 5.75 Å². The van der Waals surface area contributed by atoms with Gasteiger partial charge < -0.3 is 25.4 Å². The highest BCUT2D eigenvalue weighted by molar-refractivity contribution is 6.35. The third-order valence-corrected chi connectivity index (χ3v) is 7.06. The summed E-state index contributed by atoms with van der Waals surface area (Å²) >= 11 is 0. The molecule has 1 aromatic carbocycles. The summed E-state index contributed by atoms with van der Waals surface area (Å²) in [5, 5.41) is 16.0. The summed E-state index contributed by atoms with van der Waals surface area (Å²) < 4.78 is 19.4. The number of aromatic nitrogens is 2. The van der Waals surface area contributed by atoms with Crippen LogP contribution in [0.15, 0.2) is 29.1 Å². The predicted octanol–water partition coefficient (Wildman–Crippen LogP) is 0.638. The van der Waals surface area contributed by atoms with E-state index in [2.05, 4.69) is 15.6 Å². The Hall–Kier alpha value is -3.80. The summed E-state index contributed by atoms with van der Waals surface area (Å²) in [4.78, 5) is 57.3. The molecule has 2 aliphatic rings. The second-order valence-corrected chi connectivity index (χ2v) is 9.55. The predicted molar refractivity (Wildman–Crippen MR) is 129 cm³/mol. The quantitative estimate of drug-likeness (QED) is 0.459. The van der Waals surface area contributed by atoms with Crippen LogP contribution in [0.25, 0.3) is 0 Å². The number of hydrogen-bond acceptors (Lipinski definition) is 7. The number of rotatable bonds is 7. The molecule has 0 spiro atoms. The van der Waals surface area contributed by atoms with E-state index >= 15 is 0 Å². The molecule has 2 heterocycles. The van der Waals surface area contributed by atoms with Crippen LogP contribution in [0.1, 0.15) is 47.6 Å². The number of aromatic hydroxyl groups is 1. The number of halogens is 1. The van der Waals surface area contributed by atoms with E-state index in [0.717, 1.165) is 6.42 Å². The zero-order chi connectivity index (χ0) is 26.7. The van der Waals surface area contributed by atoms with Crippen molar-refractivity contribution in [2.45, 2.75) is 44.3 Å². The van der Waals surface area contributed by atoms with Crippen molar-refractivity contribution in [1.29, 1.82) is 0 Å². The van der Waals surface area contributed by atoms with Crippen molar-refractivity contribution >= 4 is 17.7 Å². The van der Waals surface area contributed by atoms with Gasteiger partial charge in [-0.05, 0) is 49.3 Å². The molecule has 1 saturated carbocycles. The standard InChI is InChI=1S/C25H30FN5O6/c1-30(11-12-37-2)23(36)21(34)29-25-9-7-15(13-25)8-10-31-22(35)19(32)18(28-24(25)31)20(33)27-14-16-3-5-17(26)6-4-16/h3-6,15,32H,7-14H2,1-2H3,(H,27,33)(H,29,34). The molecule has 3 amide bonds. The lowest BCUT2D eigenvalue weighted by atomic mass is 9.94. The van der Waals surface area contributed by atoms with E-state index in [1.54, 1.807) is 0 Å². The Labute approximate surface area is 212 Å². The normalized spacial score (nSPS) is 20.0. The Morgan fingerprint density at radius 1 is 1.27 bits per heavy atom. The Kier molecular flexibility index (Phi) is 7.58. The van der Waals surface area contributed by atoms with E-state index in [0.29, 0.717) is 24.8 Å². The lowest BCUT2D eigenvalue weighted by molar-refractivity contribution is -0.146. The number of methoxy groups -OCH3 is 1. The lowest BCUT2D eigenvalue weighted by Crippen LogP contribution is -2.53. The Morgan fingerprint density at radius 3 is 2.70 bits per heavy atom. The molecular weight excluding hydrogens is 485 g/mol. The SMILES string of the molecule is COCCN(C)C(=O)C(=O)NC12CCC(CCn3c1nc(C(=O)NCc1ccc(F)cc1)c(O)c3=O)C2. The molecule has 1 fully saturated rings. The Morgan fingerprint density at radius 2 is 2.00 bits per heavy atom. The minimum atomic E-state index is -1.14. The van der Waals surface area contributed by atoms with Crippen LogP contribution in [0, 0.1) is 11.7 Å². The summed E-state index contributed by atoms with van der Waals surface area (Å²) in [5.74, 6) is -3.31. The first-order chi connectivity index (χ1) is 17.6. The monoisotopic (exact) mass is 515 g/mol. The molecule has 2 bridgehead atoms. The number of carbonyl (C=O) groups excluding carboxylic acids is 3. The van der Waals surface area contributed by atoms with Crippen molar-refractivity contribution in [1.82, 2.24) is 25.1 Å². The molecule has 0 radical (unpaired) electrons. The average Bonchev–Trinajstić information content (AvgIpc) is 3.22. The fourth-order valence-electron chi connectivity index (χ4n) is 5.00. The number of ether oxygens (including phenoxy) is 1. The minimum absolute atomic E-state index is 0.0188. The van der Waals surface area contributed by atoms with Crippen LogP contribution < -0.4 is 16.2 Å². The van der Waals surface area contributed by atoms with Crippen LogP contribution in [0.2, 0.25) is 0 Å². The van der Waals surface area contributed by atoms with Crippen LogP contribution in [-0.4, -0.2) is 64.6 Å². The van der Waals surface area contributed by atoms with Gasteiger partial charge in [-0.1, -0.05) is 12.1 Å². The van der Waals surface area contributed by atoms with Crippen LogP contribution in [0.3, 0.4) is 0 Å². The van der Waals surface area contributed by atoms with E-state index in [1.165, 1.54) is 47.9 Å². The zero-order valence-electron chi connectivity index (χ0n) is 20.8. The lowest BCUT2D eigenvalue weighted by Gasteiger charge is -2.31. The highest BCUT2D eigenvalue weighted by Gasteiger charge is 2.48. The van der Waals surface area contributed by atoms with E-state index in [4.69, 9.17) is 4.74 Å². The van der Waals surface area contributed by atoms with Gasteiger partial charge in [0.1, 0.15) is 11.6 Å². The number of hydrogen-bond donors (Lipinski definition) is 3. The third-order valence-electron chi connectivity index (χ3n) is 7.06. The number of amides is 3. The number of benzene rings is 1. The van der Waals surface area contributed by atoms with Gasteiger partial charge in [0.25, 0.3) is 11.5 Å². The first-order valence-corrected chi connectivity index (χ1v) is 12.1. The van der Waals surface area contributed by atoms with Gasteiger partial charge in [-0.3, -0.25) is 23.7 Å². The van der Waals surface area contributed by atoms with Gasteiger partial charge in [-0.2, -0.15) is 0 Å².